The van der Waals surface area contributed by atoms with Gasteiger partial charge in [0.1, 0.15) is 5.60 Å². The van der Waals surface area contributed by atoms with Crippen LogP contribution in [0.5, 0.6) is 0 Å². The smallest absolute Gasteiger partial charge is 0.410 e. The molecule has 5 heteroatoms. The Balaban J connectivity index is 2.33. The van der Waals surface area contributed by atoms with Crippen molar-refractivity contribution < 1.29 is 14.3 Å². The van der Waals surface area contributed by atoms with E-state index in [9.17, 15) is 9.59 Å². The van der Waals surface area contributed by atoms with Crippen LogP contribution in [0.3, 0.4) is 0 Å². The molecule has 0 spiro atoms. The Kier molecular flexibility index (Phi) is 5.20. The van der Waals surface area contributed by atoms with Crippen LogP contribution >= 0.6 is 0 Å². The standard InChI is InChI=1S/C14H26N2O3/c1-11(17)15(5)8-6-12-7-9-16(10-12)13(18)19-14(2,3)4/h12H,6-10H2,1-5H3. The van der Waals surface area contributed by atoms with Crippen LogP contribution in [-0.2, 0) is 9.53 Å². The Morgan fingerprint density at radius 3 is 2.53 bits per heavy atom. The third kappa shape index (κ3) is 5.49. The predicted molar refractivity (Wildman–Crippen MR) is 73.8 cm³/mol. The largest absolute Gasteiger partial charge is 0.444 e. The Hall–Kier alpha value is -1.26. The Labute approximate surface area is 115 Å². The molecule has 1 fully saturated rings. The second-order valence-electron chi connectivity index (χ2n) is 6.31. The number of likely N-dealkylation sites (tertiary alicyclic amines) is 1. The van der Waals surface area contributed by atoms with Crippen LogP contribution in [0.2, 0.25) is 0 Å². The molecule has 0 bridgehead atoms. The first-order valence-corrected chi connectivity index (χ1v) is 6.88. The molecule has 1 heterocycles. The molecular weight excluding hydrogens is 244 g/mol. The zero-order valence-electron chi connectivity index (χ0n) is 12.7. The van der Waals surface area contributed by atoms with Crippen LogP contribution in [0, 0.1) is 5.92 Å². The summed E-state index contributed by atoms with van der Waals surface area (Å²) in [6.07, 6.45) is 1.70. The third-order valence-corrected chi connectivity index (χ3v) is 3.35. The van der Waals surface area contributed by atoms with E-state index in [-0.39, 0.29) is 12.0 Å². The lowest BCUT2D eigenvalue weighted by Gasteiger charge is -2.24. The van der Waals surface area contributed by atoms with Gasteiger partial charge in [0.05, 0.1) is 0 Å². The summed E-state index contributed by atoms with van der Waals surface area (Å²) in [5.41, 5.74) is -0.440. The molecule has 19 heavy (non-hydrogen) atoms. The number of rotatable bonds is 3. The van der Waals surface area contributed by atoms with Gasteiger partial charge in [-0.3, -0.25) is 4.79 Å². The molecule has 0 aromatic rings. The lowest BCUT2D eigenvalue weighted by Crippen LogP contribution is -2.35. The van der Waals surface area contributed by atoms with Gasteiger partial charge in [-0.05, 0) is 39.5 Å². The number of carbonyl (C=O) groups is 2. The molecule has 0 saturated carbocycles. The van der Waals surface area contributed by atoms with Gasteiger partial charge < -0.3 is 14.5 Å². The molecule has 0 radical (unpaired) electrons. The fourth-order valence-electron chi connectivity index (χ4n) is 2.09. The van der Waals surface area contributed by atoms with Crippen LogP contribution in [0.15, 0.2) is 0 Å². The molecule has 1 unspecified atom stereocenters. The molecule has 0 aromatic carbocycles. The summed E-state index contributed by atoms with van der Waals surface area (Å²) < 4.78 is 5.36. The molecule has 0 N–H and O–H groups in total. The minimum absolute atomic E-state index is 0.0852. The maximum atomic E-state index is 11.9. The van der Waals surface area contributed by atoms with Crippen molar-refractivity contribution in [3.8, 4) is 0 Å². The molecule has 2 amide bonds. The molecule has 0 aromatic heterocycles. The van der Waals surface area contributed by atoms with Gasteiger partial charge in [0, 0.05) is 33.6 Å². The number of amides is 2. The number of ether oxygens (including phenoxy) is 1. The summed E-state index contributed by atoms with van der Waals surface area (Å²) in [5.74, 6) is 0.552. The molecule has 1 saturated heterocycles. The lowest BCUT2D eigenvalue weighted by atomic mass is 10.1. The maximum absolute atomic E-state index is 11.9. The van der Waals surface area contributed by atoms with Gasteiger partial charge in [0.2, 0.25) is 5.91 Å². The van der Waals surface area contributed by atoms with Crippen LogP contribution in [0.25, 0.3) is 0 Å². The first kappa shape index (κ1) is 15.8. The SMILES string of the molecule is CC(=O)N(C)CCC1CCN(C(=O)OC(C)(C)C)C1. The monoisotopic (exact) mass is 270 g/mol. The maximum Gasteiger partial charge on any atom is 0.410 e. The number of carbonyl (C=O) groups excluding carboxylic acids is 2. The quantitative estimate of drug-likeness (QED) is 0.789. The topological polar surface area (TPSA) is 49.9 Å². The summed E-state index contributed by atoms with van der Waals surface area (Å²) >= 11 is 0. The van der Waals surface area contributed by atoms with E-state index in [4.69, 9.17) is 4.74 Å². The molecular formula is C14H26N2O3. The highest BCUT2D eigenvalue weighted by Crippen LogP contribution is 2.22. The van der Waals surface area contributed by atoms with E-state index in [2.05, 4.69) is 0 Å². The van der Waals surface area contributed by atoms with Crippen LogP contribution < -0.4 is 0 Å². The highest BCUT2D eigenvalue weighted by Gasteiger charge is 2.29. The molecule has 1 aliphatic heterocycles. The van der Waals surface area contributed by atoms with E-state index >= 15 is 0 Å². The van der Waals surface area contributed by atoms with Crippen LogP contribution in [0.4, 0.5) is 4.79 Å². The Morgan fingerprint density at radius 1 is 1.37 bits per heavy atom. The normalized spacial score (nSPS) is 19.4. The molecule has 1 atom stereocenters. The van der Waals surface area contributed by atoms with E-state index in [0.29, 0.717) is 5.92 Å². The summed E-state index contributed by atoms with van der Waals surface area (Å²) in [7, 11) is 1.81. The third-order valence-electron chi connectivity index (χ3n) is 3.35. The zero-order valence-corrected chi connectivity index (χ0v) is 12.7. The summed E-state index contributed by atoms with van der Waals surface area (Å²) in [6, 6.07) is 0. The minimum Gasteiger partial charge on any atom is -0.444 e. The van der Waals surface area contributed by atoms with Crippen molar-refractivity contribution in [3.63, 3.8) is 0 Å². The van der Waals surface area contributed by atoms with Crippen molar-refractivity contribution in [1.82, 2.24) is 9.80 Å². The first-order chi connectivity index (χ1) is 8.69. The molecule has 5 nitrogen and oxygen atoms in total. The van der Waals surface area contributed by atoms with Crippen molar-refractivity contribution >= 4 is 12.0 Å². The van der Waals surface area contributed by atoms with Crippen LogP contribution in [0.1, 0.15) is 40.5 Å². The van der Waals surface area contributed by atoms with Crippen LogP contribution in [-0.4, -0.2) is 54.1 Å². The van der Waals surface area contributed by atoms with Gasteiger partial charge in [-0.15, -0.1) is 0 Å². The summed E-state index contributed by atoms with van der Waals surface area (Å²) in [4.78, 5) is 26.5. The van der Waals surface area contributed by atoms with Gasteiger partial charge in [-0.25, -0.2) is 4.79 Å². The molecule has 1 aliphatic rings. The molecule has 0 aliphatic carbocycles. The Morgan fingerprint density at radius 2 is 2.00 bits per heavy atom. The van der Waals surface area contributed by atoms with E-state index in [1.54, 1.807) is 16.7 Å². The highest BCUT2D eigenvalue weighted by molar-refractivity contribution is 5.72. The van der Waals surface area contributed by atoms with E-state index in [1.165, 1.54) is 0 Å². The van der Waals surface area contributed by atoms with Crippen molar-refractivity contribution in [1.29, 1.82) is 0 Å². The van der Waals surface area contributed by atoms with E-state index in [1.807, 2.05) is 27.8 Å². The zero-order chi connectivity index (χ0) is 14.6. The summed E-state index contributed by atoms with van der Waals surface area (Å²) in [5, 5.41) is 0. The number of nitrogens with zero attached hydrogens (tertiary/aromatic N) is 2. The average molecular weight is 270 g/mol. The van der Waals surface area contributed by atoms with E-state index < -0.39 is 5.60 Å². The van der Waals surface area contributed by atoms with Crippen molar-refractivity contribution in [2.75, 3.05) is 26.7 Å². The van der Waals surface area contributed by atoms with Crippen molar-refractivity contribution in [3.05, 3.63) is 0 Å². The van der Waals surface area contributed by atoms with Crippen molar-refractivity contribution in [2.24, 2.45) is 5.92 Å². The lowest BCUT2D eigenvalue weighted by molar-refractivity contribution is -0.127. The molecule has 1 rings (SSSR count). The second-order valence-corrected chi connectivity index (χ2v) is 6.31. The van der Waals surface area contributed by atoms with Crippen molar-refractivity contribution in [2.45, 2.75) is 46.1 Å². The fourth-order valence-corrected chi connectivity index (χ4v) is 2.09. The average Bonchev–Trinajstić information content (AvgIpc) is 2.71. The summed E-state index contributed by atoms with van der Waals surface area (Å²) in [6.45, 7) is 9.44. The van der Waals surface area contributed by atoms with Gasteiger partial charge in [0.15, 0.2) is 0 Å². The Bertz CT molecular complexity index is 336. The minimum atomic E-state index is -0.440. The second kappa shape index (κ2) is 6.26. The molecule has 110 valence electrons. The van der Waals surface area contributed by atoms with Gasteiger partial charge in [-0.2, -0.15) is 0 Å². The fraction of sp³-hybridized carbons (Fsp3) is 0.857. The van der Waals surface area contributed by atoms with E-state index in [0.717, 1.165) is 32.5 Å². The number of hydrogen-bond acceptors (Lipinski definition) is 3. The number of hydrogen-bond donors (Lipinski definition) is 0. The van der Waals surface area contributed by atoms with Gasteiger partial charge in [0.25, 0.3) is 0 Å². The first-order valence-electron chi connectivity index (χ1n) is 6.88. The predicted octanol–water partition coefficient (Wildman–Crippen LogP) is 2.11. The van der Waals surface area contributed by atoms with Gasteiger partial charge in [-0.1, -0.05) is 0 Å². The van der Waals surface area contributed by atoms with Gasteiger partial charge >= 0.3 is 6.09 Å². The highest BCUT2D eigenvalue weighted by atomic mass is 16.6.